The molecular formula is C10H11N3O2. The minimum Gasteiger partial charge on any atom is -0.318 e. The minimum absolute atomic E-state index is 0.211. The number of aromatic nitrogens is 1. The van der Waals surface area contributed by atoms with Crippen molar-refractivity contribution in [2.75, 3.05) is 6.54 Å². The van der Waals surface area contributed by atoms with Gasteiger partial charge in [0.05, 0.1) is 12.2 Å². The standard InChI is InChI=1S/C10H11N3O2/c14-9-4-6-13(10(15)12-9)7-8-3-1-2-5-11-8/h1-3,5H,4,6-7H2,(H,12,14,15). The fourth-order valence-corrected chi connectivity index (χ4v) is 1.44. The van der Waals surface area contributed by atoms with Crippen molar-refractivity contribution in [2.24, 2.45) is 0 Å². The largest absolute Gasteiger partial charge is 0.324 e. The van der Waals surface area contributed by atoms with Crippen LogP contribution in [0.15, 0.2) is 24.4 Å². The van der Waals surface area contributed by atoms with Crippen LogP contribution in [0.1, 0.15) is 12.1 Å². The zero-order valence-corrected chi connectivity index (χ0v) is 8.14. The molecule has 0 saturated carbocycles. The van der Waals surface area contributed by atoms with E-state index in [0.717, 1.165) is 5.69 Å². The lowest BCUT2D eigenvalue weighted by Gasteiger charge is -2.25. The van der Waals surface area contributed by atoms with Crippen LogP contribution >= 0.6 is 0 Å². The molecule has 1 aromatic rings. The molecule has 0 atom stereocenters. The van der Waals surface area contributed by atoms with Crippen molar-refractivity contribution in [1.82, 2.24) is 15.2 Å². The molecule has 0 radical (unpaired) electrons. The topological polar surface area (TPSA) is 62.3 Å². The van der Waals surface area contributed by atoms with Crippen molar-refractivity contribution in [1.29, 1.82) is 0 Å². The van der Waals surface area contributed by atoms with Crippen LogP contribution in [0, 0.1) is 0 Å². The molecule has 1 aromatic heterocycles. The molecule has 2 heterocycles. The maximum absolute atomic E-state index is 11.4. The van der Waals surface area contributed by atoms with E-state index in [1.54, 1.807) is 11.1 Å². The Labute approximate surface area is 87.1 Å². The highest BCUT2D eigenvalue weighted by Crippen LogP contribution is 2.05. The average Bonchev–Trinajstić information content (AvgIpc) is 2.24. The van der Waals surface area contributed by atoms with Crippen LogP contribution in [0.5, 0.6) is 0 Å². The predicted octanol–water partition coefficient (Wildman–Crippen LogP) is 0.524. The lowest BCUT2D eigenvalue weighted by molar-refractivity contribution is -0.121. The van der Waals surface area contributed by atoms with E-state index in [-0.39, 0.29) is 11.9 Å². The zero-order chi connectivity index (χ0) is 10.7. The van der Waals surface area contributed by atoms with Gasteiger partial charge in [0.25, 0.3) is 0 Å². The van der Waals surface area contributed by atoms with E-state index in [4.69, 9.17) is 0 Å². The van der Waals surface area contributed by atoms with Crippen molar-refractivity contribution >= 4 is 11.9 Å². The second-order valence-electron chi connectivity index (χ2n) is 3.35. The molecule has 5 nitrogen and oxygen atoms in total. The van der Waals surface area contributed by atoms with Crippen molar-refractivity contribution in [3.8, 4) is 0 Å². The Morgan fingerprint density at radius 3 is 2.93 bits per heavy atom. The monoisotopic (exact) mass is 205 g/mol. The van der Waals surface area contributed by atoms with Gasteiger partial charge >= 0.3 is 6.03 Å². The third-order valence-corrected chi connectivity index (χ3v) is 2.22. The van der Waals surface area contributed by atoms with E-state index < -0.39 is 0 Å². The number of nitrogens with zero attached hydrogens (tertiary/aromatic N) is 2. The Morgan fingerprint density at radius 2 is 2.27 bits per heavy atom. The normalized spacial score (nSPS) is 16.4. The smallest absolute Gasteiger partial charge is 0.318 e. The minimum atomic E-state index is -0.336. The van der Waals surface area contributed by atoms with Gasteiger partial charge in [0.2, 0.25) is 5.91 Å². The maximum atomic E-state index is 11.4. The van der Waals surface area contributed by atoms with Crippen LogP contribution in [-0.4, -0.2) is 28.4 Å². The van der Waals surface area contributed by atoms with Gasteiger partial charge in [0.15, 0.2) is 0 Å². The Bertz CT molecular complexity index is 378. The number of carbonyl (C=O) groups is 2. The van der Waals surface area contributed by atoms with E-state index in [0.29, 0.717) is 19.5 Å². The van der Waals surface area contributed by atoms with Crippen molar-refractivity contribution in [2.45, 2.75) is 13.0 Å². The fraction of sp³-hybridized carbons (Fsp3) is 0.300. The van der Waals surface area contributed by atoms with Gasteiger partial charge in [-0.25, -0.2) is 4.79 Å². The highest BCUT2D eigenvalue weighted by atomic mass is 16.2. The summed E-state index contributed by atoms with van der Waals surface area (Å²) in [5.41, 5.74) is 0.821. The first kappa shape index (κ1) is 9.64. The molecule has 15 heavy (non-hydrogen) atoms. The van der Waals surface area contributed by atoms with Gasteiger partial charge in [0.1, 0.15) is 0 Å². The number of pyridine rings is 1. The number of carbonyl (C=O) groups excluding carboxylic acids is 2. The molecular weight excluding hydrogens is 194 g/mol. The number of urea groups is 1. The number of rotatable bonds is 2. The summed E-state index contributed by atoms with van der Waals surface area (Å²) in [4.78, 5) is 28.0. The molecule has 0 unspecified atom stereocenters. The molecule has 1 fully saturated rings. The van der Waals surface area contributed by atoms with Crippen LogP contribution in [0.4, 0.5) is 4.79 Å². The Balaban J connectivity index is 2.01. The van der Waals surface area contributed by atoms with Crippen molar-refractivity contribution < 1.29 is 9.59 Å². The average molecular weight is 205 g/mol. The quantitative estimate of drug-likeness (QED) is 0.765. The molecule has 78 valence electrons. The van der Waals surface area contributed by atoms with Crippen LogP contribution in [-0.2, 0) is 11.3 Å². The molecule has 3 amide bonds. The lowest BCUT2D eigenvalue weighted by Crippen LogP contribution is -2.48. The summed E-state index contributed by atoms with van der Waals surface area (Å²) in [6.45, 7) is 0.904. The van der Waals surface area contributed by atoms with Crippen LogP contribution in [0.3, 0.4) is 0 Å². The Hall–Kier alpha value is -1.91. The summed E-state index contributed by atoms with van der Waals surface area (Å²) < 4.78 is 0. The molecule has 0 bridgehead atoms. The number of hydrogen-bond acceptors (Lipinski definition) is 3. The molecule has 1 aliphatic rings. The second-order valence-corrected chi connectivity index (χ2v) is 3.35. The highest BCUT2D eigenvalue weighted by Gasteiger charge is 2.22. The summed E-state index contributed by atoms with van der Waals surface area (Å²) in [6.07, 6.45) is 2.04. The first-order chi connectivity index (χ1) is 7.25. The van der Waals surface area contributed by atoms with E-state index >= 15 is 0 Å². The highest BCUT2D eigenvalue weighted by molar-refractivity contribution is 5.96. The zero-order valence-electron chi connectivity index (χ0n) is 8.14. The van der Waals surface area contributed by atoms with E-state index in [9.17, 15) is 9.59 Å². The Kier molecular flexibility index (Phi) is 2.62. The molecule has 2 rings (SSSR count). The van der Waals surface area contributed by atoms with Gasteiger partial charge in [-0.05, 0) is 12.1 Å². The summed E-state index contributed by atoms with van der Waals surface area (Å²) in [5.74, 6) is -0.211. The first-order valence-corrected chi connectivity index (χ1v) is 4.74. The molecule has 0 aliphatic carbocycles. The SMILES string of the molecule is O=C1CCN(Cc2ccccn2)C(=O)N1. The molecule has 1 saturated heterocycles. The second kappa shape index (κ2) is 4.08. The van der Waals surface area contributed by atoms with E-state index in [1.165, 1.54) is 0 Å². The number of imide groups is 1. The molecule has 1 aliphatic heterocycles. The van der Waals surface area contributed by atoms with Crippen LogP contribution in [0.25, 0.3) is 0 Å². The van der Waals surface area contributed by atoms with Crippen molar-refractivity contribution in [3.05, 3.63) is 30.1 Å². The summed E-state index contributed by atoms with van der Waals surface area (Å²) in [5, 5.41) is 2.27. The fourth-order valence-electron chi connectivity index (χ4n) is 1.44. The molecule has 0 spiro atoms. The molecule has 5 heteroatoms. The summed E-state index contributed by atoms with van der Waals surface area (Å²) in [7, 11) is 0. The number of amides is 3. The van der Waals surface area contributed by atoms with Crippen LogP contribution in [0.2, 0.25) is 0 Å². The maximum Gasteiger partial charge on any atom is 0.324 e. The van der Waals surface area contributed by atoms with Gasteiger partial charge < -0.3 is 4.90 Å². The molecule has 0 aromatic carbocycles. The third kappa shape index (κ3) is 2.31. The summed E-state index contributed by atoms with van der Waals surface area (Å²) >= 11 is 0. The Morgan fingerprint density at radius 1 is 1.40 bits per heavy atom. The third-order valence-electron chi connectivity index (χ3n) is 2.22. The van der Waals surface area contributed by atoms with Crippen molar-refractivity contribution in [3.63, 3.8) is 0 Å². The number of nitrogens with one attached hydrogen (secondary N) is 1. The lowest BCUT2D eigenvalue weighted by atomic mass is 10.2. The first-order valence-electron chi connectivity index (χ1n) is 4.74. The van der Waals surface area contributed by atoms with E-state index in [1.807, 2.05) is 18.2 Å². The van der Waals surface area contributed by atoms with E-state index in [2.05, 4.69) is 10.3 Å². The van der Waals surface area contributed by atoms with Gasteiger partial charge in [-0.1, -0.05) is 6.07 Å². The summed E-state index contributed by atoms with van der Waals surface area (Å²) in [6, 6.07) is 5.21. The van der Waals surface area contributed by atoms with Gasteiger partial charge in [-0.3, -0.25) is 15.1 Å². The van der Waals surface area contributed by atoms with Crippen LogP contribution < -0.4 is 5.32 Å². The predicted molar refractivity (Wildman–Crippen MR) is 52.8 cm³/mol. The molecule has 1 N–H and O–H groups in total. The van der Waals surface area contributed by atoms with Gasteiger partial charge in [-0.2, -0.15) is 0 Å². The van der Waals surface area contributed by atoms with Gasteiger partial charge in [-0.15, -0.1) is 0 Å². The van der Waals surface area contributed by atoms with Gasteiger partial charge in [0, 0.05) is 19.2 Å². The number of hydrogen-bond donors (Lipinski definition) is 1.